The third-order valence-electron chi connectivity index (χ3n) is 2.23. The smallest absolute Gasteiger partial charge is 0.226 e. The molecule has 2 aromatic rings. The monoisotopic (exact) mass is 187 g/mol. The fraction of sp³-hybridized carbons (Fsp3) is 0.250. The molecule has 0 N–H and O–H groups in total. The van der Waals surface area contributed by atoms with Gasteiger partial charge in [-0.25, -0.2) is 4.98 Å². The van der Waals surface area contributed by atoms with Gasteiger partial charge in [-0.1, -0.05) is 19.1 Å². The Hall–Kier alpha value is -1.57. The van der Waals surface area contributed by atoms with Crippen molar-refractivity contribution < 1.29 is 4.42 Å². The summed E-state index contributed by atoms with van der Waals surface area (Å²) in [6.45, 7) is 4.04. The second-order valence-corrected chi connectivity index (χ2v) is 3.33. The molecule has 1 aromatic heterocycles. The minimum Gasteiger partial charge on any atom is -0.441 e. The zero-order valence-corrected chi connectivity index (χ0v) is 8.45. The molecule has 2 heteroatoms. The van der Waals surface area contributed by atoms with Crippen LogP contribution in [0.1, 0.15) is 18.2 Å². The molecule has 2 nitrogen and oxygen atoms in total. The summed E-state index contributed by atoms with van der Waals surface area (Å²) in [7, 11) is 0. The van der Waals surface area contributed by atoms with E-state index in [1.54, 1.807) is 6.20 Å². The quantitative estimate of drug-likeness (QED) is 0.721. The van der Waals surface area contributed by atoms with Crippen LogP contribution in [0, 0.1) is 6.92 Å². The molecule has 2 rings (SSSR count). The molecule has 0 saturated carbocycles. The van der Waals surface area contributed by atoms with Crippen molar-refractivity contribution in [2.45, 2.75) is 20.3 Å². The first-order valence-corrected chi connectivity index (χ1v) is 4.81. The van der Waals surface area contributed by atoms with Crippen molar-refractivity contribution in [1.82, 2.24) is 4.98 Å². The molecule has 72 valence electrons. The van der Waals surface area contributed by atoms with Crippen LogP contribution in [0.5, 0.6) is 0 Å². The maximum absolute atomic E-state index is 5.43. The van der Waals surface area contributed by atoms with Crippen LogP contribution in [0.25, 0.3) is 11.5 Å². The zero-order chi connectivity index (χ0) is 9.97. The molecule has 0 aliphatic rings. The molecule has 0 aliphatic carbocycles. The minimum absolute atomic E-state index is 0.699. The number of hydrogen-bond acceptors (Lipinski definition) is 2. The first-order chi connectivity index (χ1) is 6.79. The van der Waals surface area contributed by atoms with Gasteiger partial charge in [0.25, 0.3) is 0 Å². The average molecular weight is 187 g/mol. The summed E-state index contributed by atoms with van der Waals surface area (Å²) >= 11 is 0. The normalized spacial score (nSPS) is 10.4. The van der Waals surface area contributed by atoms with E-state index in [9.17, 15) is 0 Å². The van der Waals surface area contributed by atoms with Gasteiger partial charge in [0, 0.05) is 5.56 Å². The number of oxazole rings is 1. The second kappa shape index (κ2) is 3.66. The fourth-order valence-corrected chi connectivity index (χ4v) is 1.37. The standard InChI is InChI=1S/C12H13NO/c1-3-10-4-6-11(7-5-10)12-13-8-9(2)14-12/h4-8H,3H2,1-2H3. The van der Waals surface area contributed by atoms with E-state index in [4.69, 9.17) is 4.42 Å². The van der Waals surface area contributed by atoms with Crippen LogP contribution in [0.2, 0.25) is 0 Å². The molecule has 14 heavy (non-hydrogen) atoms. The van der Waals surface area contributed by atoms with Gasteiger partial charge in [0.1, 0.15) is 5.76 Å². The van der Waals surface area contributed by atoms with Crippen molar-refractivity contribution in [3.05, 3.63) is 41.8 Å². The third kappa shape index (κ3) is 1.69. The van der Waals surface area contributed by atoms with E-state index in [2.05, 4.69) is 24.0 Å². The topological polar surface area (TPSA) is 26.0 Å². The lowest BCUT2D eigenvalue weighted by atomic mass is 10.1. The second-order valence-electron chi connectivity index (χ2n) is 3.33. The predicted molar refractivity (Wildman–Crippen MR) is 56.1 cm³/mol. The molecule has 0 spiro atoms. The Morgan fingerprint density at radius 2 is 1.93 bits per heavy atom. The van der Waals surface area contributed by atoms with E-state index in [1.807, 2.05) is 19.1 Å². The van der Waals surface area contributed by atoms with Crippen LogP contribution in [0.15, 0.2) is 34.9 Å². The van der Waals surface area contributed by atoms with Gasteiger partial charge in [-0.3, -0.25) is 0 Å². The highest BCUT2D eigenvalue weighted by Crippen LogP contribution is 2.19. The molecular weight excluding hydrogens is 174 g/mol. The first-order valence-electron chi connectivity index (χ1n) is 4.81. The third-order valence-corrected chi connectivity index (χ3v) is 2.23. The minimum atomic E-state index is 0.699. The zero-order valence-electron chi connectivity index (χ0n) is 8.45. The number of hydrogen-bond donors (Lipinski definition) is 0. The largest absolute Gasteiger partial charge is 0.441 e. The average Bonchev–Trinajstić information content (AvgIpc) is 2.65. The van der Waals surface area contributed by atoms with E-state index >= 15 is 0 Å². The Kier molecular flexibility index (Phi) is 2.35. The van der Waals surface area contributed by atoms with Gasteiger partial charge in [0.2, 0.25) is 5.89 Å². The SMILES string of the molecule is CCc1ccc(-c2ncc(C)o2)cc1. The Morgan fingerprint density at radius 3 is 2.43 bits per heavy atom. The molecule has 1 aromatic carbocycles. The van der Waals surface area contributed by atoms with Crippen LogP contribution in [-0.4, -0.2) is 4.98 Å². The van der Waals surface area contributed by atoms with E-state index in [1.165, 1.54) is 5.56 Å². The molecule has 1 heterocycles. The summed E-state index contributed by atoms with van der Waals surface area (Å²) in [4.78, 5) is 4.17. The molecule has 0 atom stereocenters. The summed E-state index contributed by atoms with van der Waals surface area (Å²) in [5.41, 5.74) is 2.37. The lowest BCUT2D eigenvalue weighted by molar-refractivity contribution is 0.542. The van der Waals surface area contributed by atoms with Gasteiger partial charge in [-0.2, -0.15) is 0 Å². The van der Waals surface area contributed by atoms with Gasteiger partial charge >= 0.3 is 0 Å². The van der Waals surface area contributed by atoms with E-state index in [-0.39, 0.29) is 0 Å². The lowest BCUT2D eigenvalue weighted by Crippen LogP contribution is -1.80. The van der Waals surface area contributed by atoms with E-state index in [0.29, 0.717) is 5.89 Å². The summed E-state index contributed by atoms with van der Waals surface area (Å²) in [5, 5.41) is 0. The van der Waals surface area contributed by atoms with E-state index in [0.717, 1.165) is 17.7 Å². The van der Waals surface area contributed by atoms with Gasteiger partial charge in [0.05, 0.1) is 6.20 Å². The summed E-state index contributed by atoms with van der Waals surface area (Å²) in [5.74, 6) is 1.55. The van der Waals surface area contributed by atoms with Crippen molar-refractivity contribution in [3.8, 4) is 11.5 Å². The number of nitrogens with zero attached hydrogens (tertiary/aromatic N) is 1. The van der Waals surface area contributed by atoms with Crippen molar-refractivity contribution >= 4 is 0 Å². The maximum Gasteiger partial charge on any atom is 0.226 e. The Bertz CT molecular complexity index is 414. The van der Waals surface area contributed by atoms with Crippen molar-refractivity contribution in [3.63, 3.8) is 0 Å². The lowest BCUT2D eigenvalue weighted by Gasteiger charge is -1.97. The summed E-state index contributed by atoms with van der Waals surface area (Å²) in [6.07, 6.45) is 2.80. The Morgan fingerprint density at radius 1 is 1.21 bits per heavy atom. The maximum atomic E-state index is 5.43. The number of aromatic nitrogens is 1. The van der Waals surface area contributed by atoms with Crippen LogP contribution >= 0.6 is 0 Å². The molecular formula is C12H13NO. The molecule has 0 amide bonds. The van der Waals surface area contributed by atoms with Crippen molar-refractivity contribution in [2.24, 2.45) is 0 Å². The van der Waals surface area contributed by atoms with Crippen molar-refractivity contribution in [1.29, 1.82) is 0 Å². The van der Waals surface area contributed by atoms with Crippen LogP contribution < -0.4 is 0 Å². The molecule has 0 saturated heterocycles. The highest BCUT2D eigenvalue weighted by Gasteiger charge is 2.03. The van der Waals surface area contributed by atoms with Gasteiger partial charge in [-0.15, -0.1) is 0 Å². The molecule has 0 radical (unpaired) electrons. The highest BCUT2D eigenvalue weighted by atomic mass is 16.4. The molecule has 0 bridgehead atoms. The predicted octanol–water partition coefficient (Wildman–Crippen LogP) is 3.21. The van der Waals surface area contributed by atoms with Gasteiger partial charge in [-0.05, 0) is 31.0 Å². The van der Waals surface area contributed by atoms with Crippen LogP contribution in [0.3, 0.4) is 0 Å². The van der Waals surface area contributed by atoms with Crippen LogP contribution in [-0.2, 0) is 6.42 Å². The van der Waals surface area contributed by atoms with Crippen molar-refractivity contribution in [2.75, 3.05) is 0 Å². The molecule has 0 aliphatic heterocycles. The van der Waals surface area contributed by atoms with Gasteiger partial charge < -0.3 is 4.42 Å². The number of aryl methyl sites for hydroxylation is 2. The van der Waals surface area contributed by atoms with Crippen LogP contribution in [0.4, 0.5) is 0 Å². The summed E-state index contributed by atoms with van der Waals surface area (Å²) < 4.78 is 5.43. The summed E-state index contributed by atoms with van der Waals surface area (Å²) in [6, 6.07) is 8.30. The number of benzene rings is 1. The first kappa shape index (κ1) is 9.00. The highest BCUT2D eigenvalue weighted by molar-refractivity contribution is 5.53. The Balaban J connectivity index is 2.33. The number of rotatable bonds is 2. The molecule has 0 unspecified atom stereocenters. The fourth-order valence-electron chi connectivity index (χ4n) is 1.37. The van der Waals surface area contributed by atoms with Gasteiger partial charge in [0.15, 0.2) is 0 Å². The molecule has 0 fully saturated rings. The Labute approximate surface area is 83.6 Å². The van der Waals surface area contributed by atoms with E-state index < -0.39 is 0 Å².